The summed E-state index contributed by atoms with van der Waals surface area (Å²) in [6, 6.07) is 8.08. The van der Waals surface area contributed by atoms with E-state index in [9.17, 15) is 10.0 Å². The quantitative estimate of drug-likeness (QED) is 0.388. The van der Waals surface area contributed by atoms with Crippen LogP contribution in [-0.4, -0.2) is 26.3 Å². The summed E-state index contributed by atoms with van der Waals surface area (Å²) in [6.45, 7) is 0. The number of hydrazone groups is 1. The molecule has 0 aliphatic heterocycles. The first kappa shape index (κ1) is 15.3. The van der Waals surface area contributed by atoms with Gasteiger partial charge < -0.3 is 14.7 Å². The fourth-order valence-corrected chi connectivity index (χ4v) is 1.73. The van der Waals surface area contributed by atoms with Crippen LogP contribution in [0.15, 0.2) is 47.8 Å². The van der Waals surface area contributed by atoms with Crippen LogP contribution in [0.1, 0.15) is 15.9 Å². The number of aromatic nitrogens is 1. The van der Waals surface area contributed by atoms with E-state index in [0.717, 1.165) is 5.56 Å². The first-order valence-corrected chi connectivity index (χ1v) is 6.38. The Kier molecular flexibility index (Phi) is 4.92. The lowest BCUT2D eigenvalue weighted by Gasteiger charge is -2.07. The Balaban J connectivity index is 2.03. The minimum Gasteiger partial charge on any atom is -0.619 e. The zero-order valence-electron chi connectivity index (χ0n) is 12.1. The molecular formula is C15H15N3O4. The predicted octanol–water partition coefficient (Wildman–Crippen LogP) is 1.10. The number of hydrogen-bond acceptors (Lipinski definition) is 5. The number of amides is 1. The van der Waals surface area contributed by atoms with Gasteiger partial charge in [0.15, 0.2) is 23.9 Å². The number of carbonyl (C=O) groups is 1. The number of nitrogens with zero attached hydrogens (tertiary/aromatic N) is 2. The average molecular weight is 301 g/mol. The highest BCUT2D eigenvalue weighted by atomic mass is 16.5. The van der Waals surface area contributed by atoms with Gasteiger partial charge in [-0.25, -0.2) is 5.43 Å². The number of hydrogen-bond donors (Lipinski definition) is 1. The normalized spacial score (nSPS) is 10.5. The van der Waals surface area contributed by atoms with Gasteiger partial charge in [0, 0.05) is 12.1 Å². The Morgan fingerprint density at radius 2 is 1.86 bits per heavy atom. The number of carbonyl (C=O) groups excluding carboxylic acids is 1. The summed E-state index contributed by atoms with van der Waals surface area (Å²) in [7, 11) is 3.09. The fourth-order valence-electron chi connectivity index (χ4n) is 1.73. The lowest BCUT2D eigenvalue weighted by molar-refractivity contribution is -0.605. The van der Waals surface area contributed by atoms with Crippen molar-refractivity contribution in [3.8, 4) is 11.5 Å². The van der Waals surface area contributed by atoms with E-state index in [-0.39, 0.29) is 0 Å². The molecule has 7 nitrogen and oxygen atoms in total. The third-order valence-corrected chi connectivity index (χ3v) is 2.85. The van der Waals surface area contributed by atoms with Crippen LogP contribution in [0.4, 0.5) is 0 Å². The molecule has 0 unspecified atom stereocenters. The smallest absolute Gasteiger partial charge is 0.271 e. The standard InChI is InChI=1S/C15H15N3O4/c1-21-13-4-3-11(9-14(13)22-2)10-16-17-15(19)12-5-7-18(20)8-6-12/h3-10H,1-2H3,(H,17,19)/b16-10+. The highest BCUT2D eigenvalue weighted by Gasteiger charge is 2.05. The van der Waals surface area contributed by atoms with E-state index in [2.05, 4.69) is 10.5 Å². The van der Waals surface area contributed by atoms with Gasteiger partial charge in [0.2, 0.25) is 0 Å². The van der Waals surface area contributed by atoms with Crippen molar-refractivity contribution in [1.29, 1.82) is 0 Å². The molecule has 7 heteroatoms. The fraction of sp³-hybridized carbons (Fsp3) is 0.133. The lowest BCUT2D eigenvalue weighted by atomic mass is 10.2. The van der Waals surface area contributed by atoms with E-state index in [1.54, 1.807) is 25.3 Å². The van der Waals surface area contributed by atoms with E-state index < -0.39 is 5.91 Å². The van der Waals surface area contributed by atoms with Crippen molar-refractivity contribution >= 4 is 12.1 Å². The highest BCUT2D eigenvalue weighted by molar-refractivity contribution is 5.94. The van der Waals surface area contributed by atoms with E-state index in [1.165, 1.54) is 37.9 Å². The van der Waals surface area contributed by atoms with E-state index in [0.29, 0.717) is 21.8 Å². The summed E-state index contributed by atoms with van der Waals surface area (Å²) in [4.78, 5) is 11.8. The van der Waals surface area contributed by atoms with Gasteiger partial charge in [-0.05, 0) is 23.8 Å². The van der Waals surface area contributed by atoms with Crippen LogP contribution in [0.25, 0.3) is 0 Å². The average Bonchev–Trinajstić information content (AvgIpc) is 2.55. The van der Waals surface area contributed by atoms with Crippen LogP contribution in [-0.2, 0) is 0 Å². The second-order valence-corrected chi connectivity index (χ2v) is 4.26. The Morgan fingerprint density at radius 3 is 2.50 bits per heavy atom. The zero-order chi connectivity index (χ0) is 15.9. The predicted molar refractivity (Wildman–Crippen MR) is 80.0 cm³/mol. The second kappa shape index (κ2) is 7.07. The van der Waals surface area contributed by atoms with Gasteiger partial charge in [0.1, 0.15) is 0 Å². The van der Waals surface area contributed by atoms with Crippen molar-refractivity contribution in [2.45, 2.75) is 0 Å². The molecule has 0 bridgehead atoms. The molecule has 2 rings (SSSR count). The van der Waals surface area contributed by atoms with Gasteiger partial charge in [0.25, 0.3) is 5.91 Å². The Labute approximate surface area is 127 Å². The third-order valence-electron chi connectivity index (χ3n) is 2.85. The Hall–Kier alpha value is -3.09. The van der Waals surface area contributed by atoms with Gasteiger partial charge in [-0.3, -0.25) is 4.79 Å². The molecule has 0 spiro atoms. The number of nitrogens with one attached hydrogen (secondary N) is 1. The molecule has 0 fully saturated rings. The van der Waals surface area contributed by atoms with Crippen molar-refractivity contribution in [2.24, 2.45) is 5.10 Å². The van der Waals surface area contributed by atoms with Crippen LogP contribution in [0, 0.1) is 5.21 Å². The van der Waals surface area contributed by atoms with Crippen molar-refractivity contribution < 1.29 is 19.0 Å². The largest absolute Gasteiger partial charge is 0.619 e. The molecule has 1 aromatic carbocycles. The molecule has 0 atom stereocenters. The summed E-state index contributed by atoms with van der Waals surface area (Å²) in [5.41, 5.74) is 3.46. The zero-order valence-corrected chi connectivity index (χ0v) is 12.1. The van der Waals surface area contributed by atoms with Crippen LogP contribution in [0.5, 0.6) is 11.5 Å². The van der Waals surface area contributed by atoms with Crippen LogP contribution >= 0.6 is 0 Å². The van der Waals surface area contributed by atoms with Crippen molar-refractivity contribution in [1.82, 2.24) is 5.43 Å². The maximum Gasteiger partial charge on any atom is 0.271 e. The van der Waals surface area contributed by atoms with Gasteiger partial charge >= 0.3 is 0 Å². The minimum absolute atomic E-state index is 0.344. The first-order valence-electron chi connectivity index (χ1n) is 6.38. The molecule has 1 amide bonds. The van der Waals surface area contributed by atoms with Gasteiger partial charge in [-0.15, -0.1) is 0 Å². The van der Waals surface area contributed by atoms with Crippen LogP contribution in [0.3, 0.4) is 0 Å². The highest BCUT2D eigenvalue weighted by Crippen LogP contribution is 2.26. The lowest BCUT2D eigenvalue weighted by Crippen LogP contribution is -2.26. The van der Waals surface area contributed by atoms with Crippen molar-refractivity contribution in [2.75, 3.05) is 14.2 Å². The number of pyridine rings is 1. The molecule has 1 N–H and O–H groups in total. The third kappa shape index (κ3) is 3.72. The van der Waals surface area contributed by atoms with Crippen molar-refractivity contribution in [3.63, 3.8) is 0 Å². The Bertz CT molecular complexity index is 684. The number of rotatable bonds is 5. The Morgan fingerprint density at radius 1 is 1.18 bits per heavy atom. The molecule has 0 aliphatic carbocycles. The molecule has 0 saturated heterocycles. The van der Waals surface area contributed by atoms with Gasteiger partial charge in [-0.2, -0.15) is 9.83 Å². The van der Waals surface area contributed by atoms with Crippen molar-refractivity contribution in [3.05, 3.63) is 59.1 Å². The molecule has 1 heterocycles. The maximum atomic E-state index is 11.8. The molecule has 2 aromatic rings. The molecule has 22 heavy (non-hydrogen) atoms. The SMILES string of the molecule is COc1ccc(/C=N/NC(=O)c2cc[n+]([O-])cc2)cc1OC. The molecule has 1 aromatic heterocycles. The molecule has 114 valence electrons. The van der Waals surface area contributed by atoms with Crippen LogP contribution in [0.2, 0.25) is 0 Å². The van der Waals surface area contributed by atoms with E-state index in [4.69, 9.17) is 9.47 Å². The van der Waals surface area contributed by atoms with E-state index >= 15 is 0 Å². The topological polar surface area (TPSA) is 86.9 Å². The van der Waals surface area contributed by atoms with Crippen LogP contribution < -0.4 is 19.6 Å². The summed E-state index contributed by atoms with van der Waals surface area (Å²) in [5, 5.41) is 14.8. The molecule has 0 aliphatic rings. The van der Waals surface area contributed by atoms with E-state index in [1.807, 2.05) is 0 Å². The number of ether oxygens (including phenoxy) is 2. The summed E-state index contributed by atoms with van der Waals surface area (Å²) < 4.78 is 10.9. The molecule has 0 radical (unpaired) electrons. The minimum atomic E-state index is -0.405. The summed E-state index contributed by atoms with van der Waals surface area (Å²) in [6.07, 6.45) is 3.97. The van der Waals surface area contributed by atoms with Gasteiger partial charge in [0.05, 0.1) is 26.0 Å². The first-order chi connectivity index (χ1) is 10.6. The molecular weight excluding hydrogens is 286 g/mol. The number of benzene rings is 1. The monoisotopic (exact) mass is 301 g/mol. The summed E-state index contributed by atoms with van der Waals surface area (Å²) in [5.74, 6) is 0.775. The van der Waals surface area contributed by atoms with Gasteiger partial charge in [-0.1, -0.05) is 0 Å². The number of methoxy groups -OCH3 is 2. The molecule has 0 saturated carbocycles. The second-order valence-electron chi connectivity index (χ2n) is 4.26. The maximum absolute atomic E-state index is 11.8. The summed E-state index contributed by atoms with van der Waals surface area (Å²) >= 11 is 0.